The number of anilines is 1. The molecule has 4 aromatic rings. The van der Waals surface area contributed by atoms with Gasteiger partial charge in [-0.2, -0.15) is 0 Å². The Morgan fingerprint density at radius 3 is 2.28 bits per heavy atom. The monoisotopic (exact) mass is 635 g/mol. The standard InChI is InChI=1S/C19H21Cl2N3O6S.C6H4Cl2/c1-11(2)29-19-16(21)7-13(9-22-19)28-10-12-6-17-14(8-15(12)20)18(23-30-17)24-31(25,26)5-4-27-3;7-5-3-1-2-4-6(5)8/h6-9,11H,4-5,10H2,1-3H3,(H,23,24);1-4H. The Morgan fingerprint density at radius 1 is 1.00 bits per heavy atom. The molecule has 14 heteroatoms. The second-order valence-electron chi connectivity index (χ2n) is 8.21. The molecule has 0 amide bonds. The van der Waals surface area contributed by atoms with Crippen molar-refractivity contribution in [3.63, 3.8) is 0 Å². The summed E-state index contributed by atoms with van der Waals surface area (Å²) >= 11 is 23.7. The molecule has 0 bridgehead atoms. The fourth-order valence-electron chi connectivity index (χ4n) is 2.97. The van der Waals surface area contributed by atoms with Crippen LogP contribution in [0.15, 0.2) is 53.2 Å². The third-order valence-corrected chi connectivity index (χ3v) is 7.38. The Morgan fingerprint density at radius 2 is 1.69 bits per heavy atom. The number of nitrogens with zero attached hydrogens (tertiary/aromatic N) is 2. The van der Waals surface area contributed by atoms with E-state index < -0.39 is 10.0 Å². The van der Waals surface area contributed by atoms with Gasteiger partial charge in [-0.1, -0.05) is 63.7 Å². The molecule has 0 radical (unpaired) electrons. The van der Waals surface area contributed by atoms with Gasteiger partial charge in [-0.25, -0.2) is 13.4 Å². The van der Waals surface area contributed by atoms with E-state index >= 15 is 0 Å². The van der Waals surface area contributed by atoms with Gasteiger partial charge in [0.25, 0.3) is 0 Å². The maximum absolute atomic E-state index is 12.1. The van der Waals surface area contributed by atoms with Crippen LogP contribution in [-0.2, 0) is 21.4 Å². The molecule has 4 rings (SSSR count). The molecule has 1 N–H and O–H groups in total. The molecule has 210 valence electrons. The second kappa shape index (κ2) is 14.2. The van der Waals surface area contributed by atoms with E-state index in [9.17, 15) is 8.42 Å². The Bertz CT molecular complexity index is 1490. The van der Waals surface area contributed by atoms with Gasteiger partial charge in [0.2, 0.25) is 15.9 Å². The average Bonchev–Trinajstić information content (AvgIpc) is 3.25. The van der Waals surface area contributed by atoms with Crippen LogP contribution in [0.25, 0.3) is 11.0 Å². The highest BCUT2D eigenvalue weighted by Gasteiger charge is 2.18. The first-order valence-electron chi connectivity index (χ1n) is 11.4. The Kier molecular flexibility index (Phi) is 11.3. The maximum atomic E-state index is 12.1. The first-order chi connectivity index (χ1) is 18.5. The van der Waals surface area contributed by atoms with Gasteiger partial charge in [0, 0.05) is 23.8 Å². The minimum absolute atomic E-state index is 0.0524. The zero-order valence-electron chi connectivity index (χ0n) is 21.1. The van der Waals surface area contributed by atoms with Crippen molar-refractivity contribution in [2.75, 3.05) is 24.2 Å². The molecular formula is C25H25Cl4N3O6S. The highest BCUT2D eigenvalue weighted by Crippen LogP contribution is 2.31. The molecule has 2 heterocycles. The zero-order chi connectivity index (χ0) is 28.6. The van der Waals surface area contributed by atoms with E-state index in [0.29, 0.717) is 48.3 Å². The lowest BCUT2D eigenvalue weighted by atomic mass is 10.2. The van der Waals surface area contributed by atoms with E-state index in [-0.39, 0.29) is 30.9 Å². The minimum Gasteiger partial charge on any atom is -0.487 e. The molecule has 0 unspecified atom stereocenters. The van der Waals surface area contributed by atoms with Crippen molar-refractivity contribution in [2.45, 2.75) is 26.6 Å². The largest absolute Gasteiger partial charge is 0.487 e. The van der Waals surface area contributed by atoms with E-state index in [1.807, 2.05) is 26.0 Å². The van der Waals surface area contributed by atoms with Crippen LogP contribution in [0, 0.1) is 0 Å². The van der Waals surface area contributed by atoms with Crippen LogP contribution in [0.3, 0.4) is 0 Å². The van der Waals surface area contributed by atoms with E-state index in [4.69, 9.17) is 65.1 Å². The molecule has 39 heavy (non-hydrogen) atoms. The maximum Gasteiger partial charge on any atom is 0.236 e. The fourth-order valence-corrected chi connectivity index (χ4v) is 4.59. The van der Waals surface area contributed by atoms with Crippen molar-refractivity contribution in [1.82, 2.24) is 10.1 Å². The van der Waals surface area contributed by atoms with Gasteiger partial charge in [0.15, 0.2) is 11.4 Å². The molecule has 0 aliphatic heterocycles. The Hall–Kier alpha value is -2.47. The molecule has 0 saturated heterocycles. The number of nitrogens with one attached hydrogen (secondary N) is 1. The molecule has 0 saturated carbocycles. The minimum atomic E-state index is -3.64. The van der Waals surface area contributed by atoms with Crippen LogP contribution < -0.4 is 14.2 Å². The molecule has 0 fully saturated rings. The third-order valence-electron chi connectivity index (χ3n) is 4.80. The van der Waals surface area contributed by atoms with Crippen molar-refractivity contribution in [3.8, 4) is 11.6 Å². The van der Waals surface area contributed by atoms with Gasteiger partial charge < -0.3 is 18.7 Å². The summed E-state index contributed by atoms with van der Waals surface area (Å²) in [4.78, 5) is 4.15. The lowest BCUT2D eigenvalue weighted by Crippen LogP contribution is -2.19. The van der Waals surface area contributed by atoms with Crippen molar-refractivity contribution >= 4 is 73.2 Å². The third kappa shape index (κ3) is 9.30. The normalized spacial score (nSPS) is 11.3. The summed E-state index contributed by atoms with van der Waals surface area (Å²) in [5.41, 5.74) is 0.960. The molecule has 0 aliphatic carbocycles. The van der Waals surface area contributed by atoms with Gasteiger partial charge in [-0.15, -0.1) is 0 Å². The molecule has 0 aliphatic rings. The van der Waals surface area contributed by atoms with Crippen LogP contribution in [0.2, 0.25) is 20.1 Å². The van der Waals surface area contributed by atoms with Crippen molar-refractivity contribution < 1.29 is 27.2 Å². The number of hydrogen-bond donors (Lipinski definition) is 1. The van der Waals surface area contributed by atoms with E-state index in [1.165, 1.54) is 13.3 Å². The predicted molar refractivity (Wildman–Crippen MR) is 154 cm³/mol. The molecule has 2 aromatic carbocycles. The summed E-state index contributed by atoms with van der Waals surface area (Å²) in [7, 11) is -2.22. The van der Waals surface area contributed by atoms with E-state index in [0.717, 1.165) is 0 Å². The lowest BCUT2D eigenvalue weighted by Gasteiger charge is -2.12. The summed E-state index contributed by atoms with van der Waals surface area (Å²) in [6, 6.07) is 12.0. The quantitative estimate of drug-likeness (QED) is 0.193. The second-order valence-corrected chi connectivity index (χ2v) is 11.7. The zero-order valence-corrected chi connectivity index (χ0v) is 24.9. The molecule has 0 spiro atoms. The lowest BCUT2D eigenvalue weighted by molar-refractivity contribution is 0.217. The van der Waals surface area contributed by atoms with E-state index in [1.54, 1.807) is 30.3 Å². The summed E-state index contributed by atoms with van der Waals surface area (Å²) in [6.45, 7) is 3.91. The first-order valence-corrected chi connectivity index (χ1v) is 14.6. The van der Waals surface area contributed by atoms with Gasteiger partial charge in [-0.3, -0.25) is 4.72 Å². The summed E-state index contributed by atoms with van der Waals surface area (Å²) in [5, 5.41) is 6.10. The number of benzene rings is 2. The smallest absolute Gasteiger partial charge is 0.236 e. The number of fused-ring (bicyclic) bond motifs is 1. The predicted octanol–water partition coefficient (Wildman–Crippen LogP) is 7.28. The number of ether oxygens (including phenoxy) is 3. The number of aromatic nitrogens is 2. The van der Waals surface area contributed by atoms with Gasteiger partial charge >= 0.3 is 0 Å². The molecule has 9 nitrogen and oxygen atoms in total. The van der Waals surface area contributed by atoms with Crippen LogP contribution in [-0.4, -0.2) is 44.1 Å². The fraction of sp³-hybridized carbons (Fsp3) is 0.280. The summed E-state index contributed by atoms with van der Waals surface area (Å²) in [5.74, 6) is 0.596. The Balaban J connectivity index is 0.000000449. The van der Waals surface area contributed by atoms with Crippen LogP contribution >= 0.6 is 46.4 Å². The van der Waals surface area contributed by atoms with Crippen molar-refractivity contribution in [1.29, 1.82) is 0 Å². The van der Waals surface area contributed by atoms with Gasteiger partial charge in [0.05, 0.1) is 40.1 Å². The van der Waals surface area contributed by atoms with Crippen LogP contribution in [0.4, 0.5) is 5.82 Å². The average molecular weight is 637 g/mol. The van der Waals surface area contributed by atoms with Crippen LogP contribution in [0.5, 0.6) is 11.6 Å². The van der Waals surface area contributed by atoms with Crippen LogP contribution in [0.1, 0.15) is 19.4 Å². The Labute approximate surface area is 246 Å². The number of rotatable bonds is 10. The highest BCUT2D eigenvalue weighted by atomic mass is 35.5. The molecule has 2 aromatic heterocycles. The molecular weight excluding hydrogens is 612 g/mol. The highest BCUT2D eigenvalue weighted by molar-refractivity contribution is 7.92. The number of hydrogen-bond acceptors (Lipinski definition) is 8. The SMILES string of the molecule is COCCS(=O)(=O)Nc1noc2cc(COc3cnc(OC(C)C)c(Cl)c3)c(Cl)cc12.Clc1ccccc1Cl. The number of sulfonamides is 1. The van der Waals surface area contributed by atoms with Crippen molar-refractivity contribution in [3.05, 3.63) is 74.3 Å². The van der Waals surface area contributed by atoms with E-state index in [2.05, 4.69) is 14.9 Å². The topological polar surface area (TPSA) is 113 Å². The first kappa shape index (κ1) is 31.1. The number of methoxy groups -OCH3 is 1. The van der Waals surface area contributed by atoms with Crippen molar-refractivity contribution in [2.24, 2.45) is 0 Å². The number of pyridine rings is 1. The summed E-state index contributed by atoms with van der Waals surface area (Å²) < 4.78 is 47.8. The number of halogens is 4. The molecule has 0 atom stereocenters. The summed E-state index contributed by atoms with van der Waals surface area (Å²) in [6.07, 6.45) is 1.44. The van der Waals surface area contributed by atoms with Gasteiger partial charge in [0.1, 0.15) is 17.4 Å². The van der Waals surface area contributed by atoms with Gasteiger partial charge in [-0.05, 0) is 38.1 Å².